The SMILES string of the molecule is CCc1nc(N2CC(=O)N(CCOC)C2)c2scc(C)c2n1. The van der Waals surface area contributed by atoms with E-state index in [1.54, 1.807) is 18.4 Å². The van der Waals surface area contributed by atoms with Crippen LogP contribution in [0.25, 0.3) is 10.2 Å². The Hall–Kier alpha value is -1.73. The number of fused-ring (bicyclic) bond motifs is 1. The molecule has 0 N–H and O–H groups in total. The molecule has 0 bridgehead atoms. The highest BCUT2D eigenvalue weighted by Crippen LogP contribution is 2.33. The number of aromatic nitrogens is 2. The summed E-state index contributed by atoms with van der Waals surface area (Å²) in [5.74, 6) is 1.83. The van der Waals surface area contributed by atoms with Crippen molar-refractivity contribution in [2.24, 2.45) is 0 Å². The first-order valence-corrected chi connectivity index (χ1v) is 8.28. The minimum absolute atomic E-state index is 0.120. The average molecular weight is 320 g/mol. The second-order valence-electron chi connectivity index (χ2n) is 5.40. The summed E-state index contributed by atoms with van der Waals surface area (Å²) in [6.45, 7) is 6.22. The summed E-state index contributed by atoms with van der Waals surface area (Å²) >= 11 is 1.65. The van der Waals surface area contributed by atoms with Crippen molar-refractivity contribution in [2.45, 2.75) is 20.3 Å². The van der Waals surface area contributed by atoms with Gasteiger partial charge in [-0.25, -0.2) is 9.97 Å². The number of aryl methyl sites for hydroxylation is 2. The van der Waals surface area contributed by atoms with Crippen molar-refractivity contribution in [3.05, 3.63) is 16.8 Å². The summed E-state index contributed by atoms with van der Waals surface area (Å²) in [7, 11) is 1.65. The van der Waals surface area contributed by atoms with Crippen LogP contribution in [0.5, 0.6) is 0 Å². The number of carbonyl (C=O) groups is 1. The maximum absolute atomic E-state index is 12.1. The summed E-state index contributed by atoms with van der Waals surface area (Å²) in [4.78, 5) is 25.3. The summed E-state index contributed by atoms with van der Waals surface area (Å²) in [5.41, 5.74) is 2.18. The van der Waals surface area contributed by atoms with Crippen LogP contribution in [0.1, 0.15) is 18.3 Å². The van der Waals surface area contributed by atoms with Crippen LogP contribution in [0.3, 0.4) is 0 Å². The van der Waals surface area contributed by atoms with E-state index in [9.17, 15) is 4.79 Å². The number of amides is 1. The minimum Gasteiger partial charge on any atom is -0.383 e. The molecule has 0 atom stereocenters. The van der Waals surface area contributed by atoms with Crippen molar-refractivity contribution in [3.63, 3.8) is 0 Å². The fraction of sp³-hybridized carbons (Fsp3) is 0.533. The third-order valence-corrected chi connectivity index (χ3v) is 4.91. The van der Waals surface area contributed by atoms with Crippen LogP contribution in [-0.2, 0) is 16.0 Å². The molecule has 1 saturated heterocycles. The first-order chi connectivity index (χ1) is 10.6. The standard InChI is InChI=1S/C15H20N4O2S/c1-4-11-16-13-10(2)8-22-14(13)15(17-11)19-7-12(20)18(9-19)5-6-21-3/h8H,4-7,9H2,1-3H3. The molecule has 7 heteroatoms. The lowest BCUT2D eigenvalue weighted by atomic mass is 10.3. The molecule has 0 saturated carbocycles. The molecule has 0 aromatic carbocycles. The lowest BCUT2D eigenvalue weighted by Gasteiger charge is -2.19. The molecule has 6 nitrogen and oxygen atoms in total. The van der Waals surface area contributed by atoms with Gasteiger partial charge in [-0.15, -0.1) is 11.3 Å². The van der Waals surface area contributed by atoms with E-state index in [-0.39, 0.29) is 5.91 Å². The van der Waals surface area contributed by atoms with Gasteiger partial charge in [0.1, 0.15) is 12.4 Å². The molecule has 3 heterocycles. The number of nitrogens with zero attached hydrogens (tertiary/aromatic N) is 4. The van der Waals surface area contributed by atoms with Gasteiger partial charge in [-0.1, -0.05) is 6.92 Å². The zero-order chi connectivity index (χ0) is 15.7. The Kier molecular flexibility index (Phi) is 4.26. The molecule has 3 rings (SSSR count). The van der Waals surface area contributed by atoms with Gasteiger partial charge in [-0.3, -0.25) is 4.79 Å². The van der Waals surface area contributed by atoms with Crippen LogP contribution >= 0.6 is 11.3 Å². The van der Waals surface area contributed by atoms with Crippen LogP contribution in [0.15, 0.2) is 5.38 Å². The molecular weight excluding hydrogens is 300 g/mol. The average Bonchev–Trinajstić information content (AvgIpc) is 3.08. The summed E-state index contributed by atoms with van der Waals surface area (Å²) < 4.78 is 6.13. The van der Waals surface area contributed by atoms with Crippen molar-refractivity contribution in [2.75, 3.05) is 38.4 Å². The van der Waals surface area contributed by atoms with Crippen molar-refractivity contribution in [1.29, 1.82) is 0 Å². The smallest absolute Gasteiger partial charge is 0.243 e. The van der Waals surface area contributed by atoms with Crippen LogP contribution < -0.4 is 4.90 Å². The Balaban J connectivity index is 1.95. The van der Waals surface area contributed by atoms with E-state index in [1.165, 1.54) is 5.56 Å². The molecule has 0 spiro atoms. The summed E-state index contributed by atoms with van der Waals surface area (Å²) in [5, 5.41) is 2.10. The number of ether oxygens (including phenoxy) is 1. The van der Waals surface area contributed by atoms with Gasteiger partial charge in [0, 0.05) is 20.1 Å². The normalized spacial score (nSPS) is 15.3. The Morgan fingerprint density at radius 3 is 2.95 bits per heavy atom. The highest BCUT2D eigenvalue weighted by atomic mass is 32.1. The monoisotopic (exact) mass is 320 g/mol. The number of anilines is 1. The van der Waals surface area contributed by atoms with E-state index < -0.39 is 0 Å². The van der Waals surface area contributed by atoms with E-state index in [0.717, 1.165) is 28.3 Å². The topological polar surface area (TPSA) is 58.6 Å². The number of methoxy groups -OCH3 is 1. The predicted octanol–water partition coefficient (Wildman–Crippen LogP) is 1.81. The predicted molar refractivity (Wildman–Crippen MR) is 87.3 cm³/mol. The van der Waals surface area contributed by atoms with Gasteiger partial charge < -0.3 is 14.5 Å². The zero-order valence-corrected chi connectivity index (χ0v) is 13.9. The van der Waals surface area contributed by atoms with Crippen LogP contribution in [-0.4, -0.2) is 54.2 Å². The molecule has 118 valence electrons. The third kappa shape index (κ3) is 2.66. The molecule has 2 aromatic heterocycles. The second kappa shape index (κ2) is 6.18. The summed E-state index contributed by atoms with van der Waals surface area (Å²) in [6, 6.07) is 0. The highest BCUT2D eigenvalue weighted by Gasteiger charge is 2.30. The molecule has 1 aliphatic rings. The third-order valence-electron chi connectivity index (χ3n) is 3.82. The number of thiophene rings is 1. The van der Waals surface area contributed by atoms with Crippen LogP contribution in [0, 0.1) is 6.92 Å². The molecule has 22 heavy (non-hydrogen) atoms. The molecule has 2 aromatic rings. The van der Waals surface area contributed by atoms with Gasteiger partial charge in [-0.05, 0) is 17.9 Å². The molecule has 1 aliphatic heterocycles. The van der Waals surface area contributed by atoms with Gasteiger partial charge in [-0.2, -0.15) is 0 Å². The molecule has 0 aliphatic carbocycles. The summed E-state index contributed by atoms with van der Waals surface area (Å²) in [6.07, 6.45) is 0.785. The molecule has 0 radical (unpaired) electrons. The fourth-order valence-electron chi connectivity index (χ4n) is 2.57. The van der Waals surface area contributed by atoms with Gasteiger partial charge in [0.15, 0.2) is 5.82 Å². The number of hydrogen-bond acceptors (Lipinski definition) is 6. The Labute approximate surface area is 133 Å². The first kappa shape index (κ1) is 15.2. The lowest BCUT2D eigenvalue weighted by Crippen LogP contribution is -2.30. The maximum atomic E-state index is 12.1. The highest BCUT2D eigenvalue weighted by molar-refractivity contribution is 7.18. The van der Waals surface area contributed by atoms with E-state index in [0.29, 0.717) is 26.4 Å². The largest absolute Gasteiger partial charge is 0.383 e. The Bertz CT molecular complexity index is 700. The first-order valence-electron chi connectivity index (χ1n) is 7.40. The van der Waals surface area contributed by atoms with Gasteiger partial charge in [0.05, 0.1) is 23.5 Å². The van der Waals surface area contributed by atoms with Crippen LogP contribution in [0.2, 0.25) is 0 Å². The number of rotatable bonds is 5. The number of hydrogen-bond donors (Lipinski definition) is 0. The van der Waals surface area contributed by atoms with Crippen molar-refractivity contribution < 1.29 is 9.53 Å². The second-order valence-corrected chi connectivity index (χ2v) is 6.28. The zero-order valence-electron chi connectivity index (χ0n) is 13.1. The maximum Gasteiger partial charge on any atom is 0.243 e. The van der Waals surface area contributed by atoms with Crippen molar-refractivity contribution >= 4 is 33.3 Å². The van der Waals surface area contributed by atoms with Crippen LogP contribution in [0.4, 0.5) is 5.82 Å². The lowest BCUT2D eigenvalue weighted by molar-refractivity contribution is -0.127. The van der Waals surface area contributed by atoms with Gasteiger partial charge >= 0.3 is 0 Å². The Morgan fingerprint density at radius 1 is 1.41 bits per heavy atom. The molecular formula is C15H20N4O2S. The molecule has 1 amide bonds. The van der Waals surface area contributed by atoms with Gasteiger partial charge in [0.2, 0.25) is 5.91 Å². The molecule has 1 fully saturated rings. The van der Waals surface area contributed by atoms with Crippen molar-refractivity contribution in [3.8, 4) is 0 Å². The quantitative estimate of drug-likeness (QED) is 0.841. The minimum atomic E-state index is 0.120. The molecule has 0 unspecified atom stereocenters. The van der Waals surface area contributed by atoms with Gasteiger partial charge in [0.25, 0.3) is 0 Å². The van der Waals surface area contributed by atoms with E-state index in [4.69, 9.17) is 4.74 Å². The Morgan fingerprint density at radius 2 is 2.23 bits per heavy atom. The number of carbonyl (C=O) groups excluding carboxylic acids is 1. The van der Waals surface area contributed by atoms with E-state index in [1.807, 2.05) is 16.7 Å². The van der Waals surface area contributed by atoms with Crippen molar-refractivity contribution in [1.82, 2.24) is 14.9 Å². The van der Waals surface area contributed by atoms with E-state index in [2.05, 4.69) is 22.3 Å². The fourth-order valence-corrected chi connectivity index (χ4v) is 3.58. The van der Waals surface area contributed by atoms with E-state index >= 15 is 0 Å².